The molecule has 0 spiro atoms. The van der Waals surface area contributed by atoms with Gasteiger partial charge in [0.25, 0.3) is 5.91 Å². The Morgan fingerprint density at radius 3 is 2.09 bits per heavy atom. The van der Waals surface area contributed by atoms with E-state index >= 15 is 0 Å². The molecule has 3 aromatic carbocycles. The van der Waals surface area contributed by atoms with Gasteiger partial charge >= 0.3 is 5.91 Å². The molecule has 0 bridgehead atoms. The number of hydrogen-bond donors (Lipinski definition) is 1. The van der Waals surface area contributed by atoms with Crippen molar-refractivity contribution >= 4 is 35.0 Å². The minimum atomic E-state index is -0.794. The summed E-state index contributed by atoms with van der Waals surface area (Å²) in [6.45, 7) is 3.17. The van der Waals surface area contributed by atoms with E-state index in [1.54, 1.807) is 12.1 Å². The molecule has 1 atom stereocenters. The monoisotopic (exact) mass is 655 g/mol. The highest BCUT2D eigenvalue weighted by Gasteiger charge is 2.46. The summed E-state index contributed by atoms with van der Waals surface area (Å²) in [5.74, 6) is 0.766. The minimum Gasteiger partial charge on any atom is -0.628 e. The highest BCUT2D eigenvalue weighted by molar-refractivity contribution is 6.42. The maximum Gasteiger partial charge on any atom is 0.321 e. The van der Waals surface area contributed by atoms with Crippen LogP contribution in [0.2, 0.25) is 10.0 Å². The van der Waals surface area contributed by atoms with Crippen LogP contribution >= 0.6 is 23.2 Å². The topological polar surface area (TPSA) is 108 Å². The molecule has 11 heteroatoms. The summed E-state index contributed by atoms with van der Waals surface area (Å²) < 4.78 is 16.4. The van der Waals surface area contributed by atoms with Crippen molar-refractivity contribution in [3.8, 4) is 17.2 Å². The maximum atomic E-state index is 13.9. The fraction of sp³-hybridized carbons (Fsp3) is 0.412. The van der Waals surface area contributed by atoms with Crippen molar-refractivity contribution in [2.24, 2.45) is 0 Å². The summed E-state index contributed by atoms with van der Waals surface area (Å²) in [5.41, 5.74) is 1.69. The molecule has 2 amide bonds. The van der Waals surface area contributed by atoms with Crippen LogP contribution in [0.3, 0.4) is 0 Å². The lowest BCUT2D eigenvalue weighted by Crippen LogP contribution is -2.86. The number of amides is 2. The van der Waals surface area contributed by atoms with E-state index in [9.17, 15) is 14.8 Å². The van der Waals surface area contributed by atoms with Crippen LogP contribution in [0.1, 0.15) is 47.2 Å². The molecule has 2 aliphatic heterocycles. The summed E-state index contributed by atoms with van der Waals surface area (Å²) in [6.07, 6.45) is 2.65. The molecule has 2 fully saturated rings. The Bertz CT molecular complexity index is 1500. The number of rotatable bonds is 10. The average Bonchev–Trinajstić information content (AvgIpc) is 3.53. The summed E-state index contributed by atoms with van der Waals surface area (Å²) in [4.78, 5) is 31.0. The van der Waals surface area contributed by atoms with E-state index in [0.29, 0.717) is 77.4 Å². The molecule has 0 aliphatic carbocycles. The molecule has 240 valence electrons. The fourth-order valence-electron chi connectivity index (χ4n) is 6.92. The molecular weight excluding hydrogens is 617 g/mol. The standard InChI is InChI=1S/C34H39Cl2N3O6/c1-43-28-19-23(20-29(44-2)30(28)45-3)31(40)39-18-12-33(22-39,25-9-10-26(35)27(36)21-25)11-15-38-16-13-34(14-17-38,32(41)37-42)24-7-5-4-6-8-24/h4-10,19-21H,11-18,22,37H2,1-3H3. The smallest absolute Gasteiger partial charge is 0.321 e. The van der Waals surface area contributed by atoms with Gasteiger partial charge in [-0.25, -0.2) is 4.79 Å². The van der Waals surface area contributed by atoms with Gasteiger partial charge in [-0.2, -0.15) is 0 Å². The first kappa shape index (κ1) is 33.0. The number of halogens is 2. The van der Waals surface area contributed by atoms with Gasteiger partial charge in [0, 0.05) is 24.1 Å². The number of piperidine rings is 1. The number of ether oxygens (including phenoxy) is 3. The quantitative estimate of drug-likeness (QED) is 0.312. The third-order valence-electron chi connectivity index (χ3n) is 9.61. The molecule has 0 saturated carbocycles. The number of quaternary nitrogens is 1. The second kappa shape index (κ2) is 14.0. The molecule has 5 rings (SSSR count). The first-order valence-corrected chi connectivity index (χ1v) is 15.8. The van der Waals surface area contributed by atoms with Crippen molar-refractivity contribution in [3.05, 3.63) is 92.6 Å². The van der Waals surface area contributed by atoms with Gasteiger partial charge in [-0.1, -0.05) is 59.6 Å². The molecule has 2 heterocycles. The van der Waals surface area contributed by atoms with Crippen molar-refractivity contribution in [2.45, 2.75) is 36.5 Å². The predicted molar refractivity (Wildman–Crippen MR) is 173 cm³/mol. The third-order valence-corrected chi connectivity index (χ3v) is 10.3. The van der Waals surface area contributed by atoms with Crippen LogP contribution < -0.4 is 19.7 Å². The largest absolute Gasteiger partial charge is 0.628 e. The number of hydroxylamine groups is 1. The molecular formula is C34H39Cl2N3O6. The number of methoxy groups -OCH3 is 3. The van der Waals surface area contributed by atoms with Crippen molar-refractivity contribution in [2.75, 3.05) is 54.1 Å². The zero-order valence-electron chi connectivity index (χ0n) is 25.8. The molecule has 2 N–H and O–H groups in total. The van der Waals surface area contributed by atoms with E-state index in [-0.39, 0.29) is 17.2 Å². The van der Waals surface area contributed by atoms with Crippen LogP contribution in [0.25, 0.3) is 0 Å². The predicted octanol–water partition coefficient (Wildman–Crippen LogP) is 4.81. The second-order valence-electron chi connectivity index (χ2n) is 11.8. The highest BCUT2D eigenvalue weighted by Crippen LogP contribution is 2.43. The van der Waals surface area contributed by atoms with E-state index in [1.807, 2.05) is 53.4 Å². The van der Waals surface area contributed by atoms with Crippen LogP contribution in [0.5, 0.6) is 17.2 Å². The van der Waals surface area contributed by atoms with Gasteiger partial charge in [-0.05, 0) is 80.7 Å². The number of carbonyl (C=O) groups excluding carboxylic acids is 2. The van der Waals surface area contributed by atoms with Gasteiger partial charge in [0.2, 0.25) is 5.75 Å². The van der Waals surface area contributed by atoms with Gasteiger partial charge < -0.3 is 34.7 Å². The van der Waals surface area contributed by atoms with Crippen LogP contribution in [0.15, 0.2) is 60.7 Å². The lowest BCUT2D eigenvalue weighted by Gasteiger charge is -2.41. The van der Waals surface area contributed by atoms with Gasteiger partial charge in [0.05, 0.1) is 31.4 Å². The number of likely N-dealkylation sites (tertiary alicyclic amines) is 2. The molecule has 1 unspecified atom stereocenters. The molecule has 45 heavy (non-hydrogen) atoms. The number of carbonyl (C=O) groups is 2. The SMILES string of the molecule is COc1cc(C(=O)N2CCC(CCN3CCC(C(=O)[NH2+][O-])(c4ccccc4)CC3)(c3ccc(Cl)c(Cl)c3)C2)cc(OC)c1OC. The van der Waals surface area contributed by atoms with Crippen molar-refractivity contribution in [1.82, 2.24) is 9.80 Å². The van der Waals surface area contributed by atoms with Crippen LogP contribution in [-0.4, -0.2) is 75.7 Å². The van der Waals surface area contributed by atoms with Crippen molar-refractivity contribution < 1.29 is 29.3 Å². The van der Waals surface area contributed by atoms with E-state index < -0.39 is 5.41 Å². The van der Waals surface area contributed by atoms with E-state index in [4.69, 9.17) is 37.4 Å². The zero-order chi connectivity index (χ0) is 32.2. The first-order valence-electron chi connectivity index (χ1n) is 15.0. The summed E-state index contributed by atoms with van der Waals surface area (Å²) in [7, 11) is 4.57. The Kier molecular flexibility index (Phi) is 10.3. The number of nitrogens with two attached hydrogens (primary N) is 1. The molecule has 2 aliphatic rings. The number of nitrogens with zero attached hydrogens (tertiary/aromatic N) is 2. The molecule has 9 nitrogen and oxygen atoms in total. The summed E-state index contributed by atoms with van der Waals surface area (Å²) in [6, 6.07) is 18.7. The minimum absolute atomic E-state index is 0.130. The van der Waals surface area contributed by atoms with E-state index in [0.717, 1.165) is 30.5 Å². The Balaban J connectivity index is 1.36. The lowest BCUT2D eigenvalue weighted by atomic mass is 9.71. The molecule has 2 saturated heterocycles. The highest BCUT2D eigenvalue weighted by atomic mass is 35.5. The maximum absolute atomic E-state index is 13.9. The Hall–Kier alpha value is -3.34. The van der Waals surface area contributed by atoms with Crippen LogP contribution in [0.4, 0.5) is 0 Å². The van der Waals surface area contributed by atoms with E-state index in [1.165, 1.54) is 21.3 Å². The lowest BCUT2D eigenvalue weighted by molar-refractivity contribution is -0.506. The average molecular weight is 657 g/mol. The third kappa shape index (κ3) is 6.50. The van der Waals surface area contributed by atoms with Crippen molar-refractivity contribution in [3.63, 3.8) is 0 Å². The van der Waals surface area contributed by atoms with Crippen molar-refractivity contribution in [1.29, 1.82) is 0 Å². The van der Waals surface area contributed by atoms with Gasteiger partial charge in [0.1, 0.15) is 5.41 Å². The Morgan fingerprint density at radius 1 is 0.844 bits per heavy atom. The second-order valence-corrected chi connectivity index (χ2v) is 12.6. The molecule has 0 radical (unpaired) electrons. The number of hydrogen-bond acceptors (Lipinski definition) is 7. The number of primary amides is 1. The summed E-state index contributed by atoms with van der Waals surface area (Å²) >= 11 is 12.8. The number of benzene rings is 3. The van der Waals surface area contributed by atoms with Crippen LogP contribution in [-0.2, 0) is 15.6 Å². The normalized spacial score (nSPS) is 19.7. The van der Waals surface area contributed by atoms with E-state index in [2.05, 4.69) is 4.90 Å². The Labute approximate surface area is 273 Å². The summed E-state index contributed by atoms with van der Waals surface area (Å²) in [5, 5.41) is 12.6. The Morgan fingerprint density at radius 2 is 1.51 bits per heavy atom. The van der Waals surface area contributed by atoms with Gasteiger partial charge in [-0.3, -0.25) is 4.79 Å². The first-order chi connectivity index (χ1) is 21.7. The fourth-order valence-corrected chi connectivity index (χ4v) is 7.22. The zero-order valence-corrected chi connectivity index (χ0v) is 27.3. The van der Waals surface area contributed by atoms with Gasteiger partial charge in [-0.15, -0.1) is 0 Å². The molecule has 0 aromatic heterocycles. The van der Waals surface area contributed by atoms with Crippen LogP contribution in [0, 0.1) is 5.21 Å². The molecule has 3 aromatic rings. The van der Waals surface area contributed by atoms with Gasteiger partial charge in [0.15, 0.2) is 11.5 Å².